The minimum Gasteiger partial charge on any atom is -0.356 e. The topological polar surface area (TPSA) is 75.3 Å². The second-order valence-electron chi connectivity index (χ2n) is 4.30. The van der Waals surface area contributed by atoms with Crippen LogP contribution in [0.2, 0.25) is 0 Å². The minimum absolute atomic E-state index is 0.0300. The molecule has 2 N–H and O–H groups in total. The molecular formula is C13H20N2O3S. The van der Waals surface area contributed by atoms with Gasteiger partial charge in [-0.15, -0.1) is 0 Å². The van der Waals surface area contributed by atoms with Crippen molar-refractivity contribution in [3.05, 3.63) is 29.8 Å². The SMILES string of the molecule is CCNC(=O)CCNCc1ccc(S(C)(=O)=O)cc1. The Morgan fingerprint density at radius 2 is 1.84 bits per heavy atom. The van der Waals surface area contributed by atoms with Crippen LogP contribution in [0.5, 0.6) is 0 Å². The zero-order chi connectivity index (χ0) is 14.3. The molecule has 19 heavy (non-hydrogen) atoms. The van der Waals surface area contributed by atoms with E-state index in [0.717, 1.165) is 5.56 Å². The Labute approximate surface area is 114 Å². The molecule has 0 aliphatic rings. The van der Waals surface area contributed by atoms with E-state index in [0.29, 0.717) is 31.0 Å². The van der Waals surface area contributed by atoms with Crippen LogP contribution in [0.1, 0.15) is 18.9 Å². The molecule has 0 atom stereocenters. The van der Waals surface area contributed by atoms with Crippen molar-refractivity contribution in [2.24, 2.45) is 0 Å². The van der Waals surface area contributed by atoms with E-state index in [1.807, 2.05) is 6.92 Å². The fourth-order valence-electron chi connectivity index (χ4n) is 1.57. The lowest BCUT2D eigenvalue weighted by molar-refractivity contribution is -0.120. The van der Waals surface area contributed by atoms with Crippen molar-refractivity contribution in [3.8, 4) is 0 Å². The van der Waals surface area contributed by atoms with E-state index in [1.54, 1.807) is 24.3 Å². The average Bonchev–Trinajstić information content (AvgIpc) is 2.34. The molecule has 0 aliphatic heterocycles. The first-order valence-electron chi connectivity index (χ1n) is 6.20. The summed E-state index contributed by atoms with van der Waals surface area (Å²) >= 11 is 0. The van der Waals surface area contributed by atoms with Crippen LogP contribution in [-0.2, 0) is 21.2 Å². The lowest BCUT2D eigenvalue weighted by Gasteiger charge is -2.06. The largest absolute Gasteiger partial charge is 0.356 e. The Kier molecular flexibility index (Phi) is 5.98. The Morgan fingerprint density at radius 1 is 1.21 bits per heavy atom. The van der Waals surface area contributed by atoms with Crippen LogP contribution in [0.3, 0.4) is 0 Å². The second-order valence-corrected chi connectivity index (χ2v) is 6.31. The van der Waals surface area contributed by atoms with Gasteiger partial charge in [-0.2, -0.15) is 0 Å². The summed E-state index contributed by atoms with van der Waals surface area (Å²) < 4.78 is 22.6. The van der Waals surface area contributed by atoms with E-state index in [1.165, 1.54) is 6.26 Å². The lowest BCUT2D eigenvalue weighted by atomic mass is 10.2. The van der Waals surface area contributed by atoms with Gasteiger partial charge in [0, 0.05) is 32.3 Å². The maximum atomic E-state index is 11.3. The molecule has 0 saturated carbocycles. The maximum absolute atomic E-state index is 11.3. The minimum atomic E-state index is -3.14. The summed E-state index contributed by atoms with van der Waals surface area (Å²) in [6, 6.07) is 6.73. The number of hydrogen-bond donors (Lipinski definition) is 2. The molecule has 5 nitrogen and oxygen atoms in total. The van der Waals surface area contributed by atoms with Gasteiger partial charge in [-0.3, -0.25) is 4.79 Å². The Balaban J connectivity index is 2.37. The molecule has 0 unspecified atom stereocenters. The molecule has 0 saturated heterocycles. The second kappa shape index (κ2) is 7.25. The number of benzene rings is 1. The Bertz CT molecular complexity index is 509. The summed E-state index contributed by atoms with van der Waals surface area (Å²) in [5.74, 6) is 0.0300. The molecule has 0 aromatic heterocycles. The van der Waals surface area contributed by atoms with Crippen LogP contribution >= 0.6 is 0 Å². The quantitative estimate of drug-likeness (QED) is 0.723. The summed E-state index contributed by atoms with van der Waals surface area (Å²) in [4.78, 5) is 11.5. The fourth-order valence-corrected chi connectivity index (χ4v) is 2.21. The highest BCUT2D eigenvalue weighted by atomic mass is 32.2. The first-order valence-corrected chi connectivity index (χ1v) is 8.09. The van der Waals surface area contributed by atoms with Crippen molar-refractivity contribution in [3.63, 3.8) is 0 Å². The number of rotatable bonds is 7. The summed E-state index contributed by atoms with van der Waals surface area (Å²) in [6.45, 7) is 3.74. The molecule has 6 heteroatoms. The summed E-state index contributed by atoms with van der Waals surface area (Å²) in [7, 11) is -3.14. The van der Waals surface area contributed by atoms with Gasteiger partial charge in [-0.05, 0) is 24.6 Å². The zero-order valence-electron chi connectivity index (χ0n) is 11.3. The van der Waals surface area contributed by atoms with Crippen LogP contribution in [0, 0.1) is 0 Å². The smallest absolute Gasteiger partial charge is 0.221 e. The van der Waals surface area contributed by atoms with Crippen molar-refractivity contribution < 1.29 is 13.2 Å². The third kappa shape index (κ3) is 5.85. The molecule has 0 bridgehead atoms. The molecule has 0 spiro atoms. The van der Waals surface area contributed by atoms with E-state index in [4.69, 9.17) is 0 Å². The molecule has 106 valence electrons. The van der Waals surface area contributed by atoms with Crippen molar-refractivity contribution in [2.45, 2.75) is 24.8 Å². The highest BCUT2D eigenvalue weighted by Gasteiger charge is 2.05. The first kappa shape index (κ1) is 15.7. The normalized spacial score (nSPS) is 11.3. The van der Waals surface area contributed by atoms with Gasteiger partial charge in [-0.1, -0.05) is 12.1 Å². The van der Waals surface area contributed by atoms with Crippen molar-refractivity contribution in [2.75, 3.05) is 19.3 Å². The molecule has 0 radical (unpaired) electrons. The van der Waals surface area contributed by atoms with E-state index in [2.05, 4.69) is 10.6 Å². The van der Waals surface area contributed by atoms with Crippen LogP contribution in [-0.4, -0.2) is 33.7 Å². The van der Waals surface area contributed by atoms with Gasteiger partial charge in [-0.25, -0.2) is 8.42 Å². The summed E-state index contributed by atoms with van der Waals surface area (Å²) in [6.07, 6.45) is 1.63. The summed E-state index contributed by atoms with van der Waals surface area (Å²) in [5.41, 5.74) is 0.989. The molecule has 0 fully saturated rings. The Hall–Kier alpha value is -1.40. The third-order valence-corrected chi connectivity index (χ3v) is 3.71. The predicted octanol–water partition coefficient (Wildman–Crippen LogP) is 0.706. The fraction of sp³-hybridized carbons (Fsp3) is 0.462. The van der Waals surface area contributed by atoms with Crippen LogP contribution in [0.25, 0.3) is 0 Å². The van der Waals surface area contributed by atoms with Gasteiger partial charge in [0.2, 0.25) is 5.91 Å². The van der Waals surface area contributed by atoms with Crippen LogP contribution in [0.15, 0.2) is 29.2 Å². The lowest BCUT2D eigenvalue weighted by Crippen LogP contribution is -2.27. The van der Waals surface area contributed by atoms with Crippen LogP contribution in [0.4, 0.5) is 0 Å². The number of amides is 1. The zero-order valence-corrected chi connectivity index (χ0v) is 12.1. The molecule has 1 rings (SSSR count). The molecule has 0 heterocycles. The summed E-state index contributed by atoms with van der Waals surface area (Å²) in [5, 5.41) is 5.86. The van der Waals surface area contributed by atoms with Crippen molar-refractivity contribution >= 4 is 15.7 Å². The van der Waals surface area contributed by atoms with E-state index >= 15 is 0 Å². The molecule has 1 amide bonds. The van der Waals surface area contributed by atoms with Crippen LogP contribution < -0.4 is 10.6 Å². The van der Waals surface area contributed by atoms with Gasteiger partial charge in [0.15, 0.2) is 9.84 Å². The standard InChI is InChI=1S/C13H20N2O3S/c1-3-15-13(16)8-9-14-10-11-4-6-12(7-5-11)19(2,17)18/h4-7,14H,3,8-10H2,1-2H3,(H,15,16). The van der Waals surface area contributed by atoms with Gasteiger partial charge in [0.05, 0.1) is 4.90 Å². The van der Waals surface area contributed by atoms with Crippen molar-refractivity contribution in [1.29, 1.82) is 0 Å². The van der Waals surface area contributed by atoms with Gasteiger partial charge in [0.25, 0.3) is 0 Å². The highest BCUT2D eigenvalue weighted by molar-refractivity contribution is 7.90. The molecule has 0 aliphatic carbocycles. The van der Waals surface area contributed by atoms with Gasteiger partial charge in [0.1, 0.15) is 0 Å². The highest BCUT2D eigenvalue weighted by Crippen LogP contribution is 2.09. The monoisotopic (exact) mass is 284 g/mol. The number of hydrogen-bond acceptors (Lipinski definition) is 4. The van der Waals surface area contributed by atoms with Gasteiger partial charge < -0.3 is 10.6 Å². The van der Waals surface area contributed by atoms with E-state index < -0.39 is 9.84 Å². The molecule has 1 aromatic rings. The molecular weight excluding hydrogens is 264 g/mol. The van der Waals surface area contributed by atoms with E-state index in [9.17, 15) is 13.2 Å². The average molecular weight is 284 g/mol. The number of carbonyl (C=O) groups excluding carboxylic acids is 1. The number of nitrogens with one attached hydrogen (secondary N) is 2. The van der Waals surface area contributed by atoms with Gasteiger partial charge >= 0.3 is 0 Å². The molecule has 1 aromatic carbocycles. The van der Waals surface area contributed by atoms with Crippen molar-refractivity contribution in [1.82, 2.24) is 10.6 Å². The Morgan fingerprint density at radius 3 is 2.37 bits per heavy atom. The van der Waals surface area contributed by atoms with E-state index in [-0.39, 0.29) is 5.91 Å². The third-order valence-electron chi connectivity index (χ3n) is 2.58. The number of carbonyl (C=O) groups is 1. The first-order chi connectivity index (χ1) is 8.93. The maximum Gasteiger partial charge on any atom is 0.221 e. The number of sulfone groups is 1. The predicted molar refractivity (Wildman–Crippen MR) is 74.6 cm³/mol.